The van der Waals surface area contributed by atoms with E-state index in [2.05, 4.69) is 91.7 Å². The van der Waals surface area contributed by atoms with Crippen molar-refractivity contribution in [3.8, 4) is 0 Å². The molecule has 0 saturated carbocycles. The number of unbranched alkanes of at least 4 members (excludes halogenated alkanes) is 4. The molecule has 7 nitrogen and oxygen atoms in total. The van der Waals surface area contributed by atoms with Crippen LogP contribution >= 0.6 is 0 Å². The highest BCUT2D eigenvalue weighted by atomic mass is 16.5. The van der Waals surface area contributed by atoms with Crippen LogP contribution in [-0.2, 0) is 24.2 Å². The molecule has 7 heteroatoms. The van der Waals surface area contributed by atoms with Gasteiger partial charge in [0.15, 0.2) is 0 Å². The van der Waals surface area contributed by atoms with Crippen LogP contribution in [0.25, 0.3) is 0 Å². The summed E-state index contributed by atoms with van der Waals surface area (Å²) in [6.45, 7) is 22.5. The highest BCUT2D eigenvalue weighted by molar-refractivity contribution is 5.94. The fourth-order valence-corrected chi connectivity index (χ4v) is 6.02. The zero-order valence-electron chi connectivity index (χ0n) is 29.6. The van der Waals surface area contributed by atoms with Gasteiger partial charge in [-0.25, -0.2) is 0 Å². The first-order valence-corrected chi connectivity index (χ1v) is 18.1. The molecule has 0 spiro atoms. The summed E-state index contributed by atoms with van der Waals surface area (Å²) in [5, 5.41) is 21.9. The number of rotatable bonds is 24. The van der Waals surface area contributed by atoms with Gasteiger partial charge in [-0.2, -0.15) is 0 Å². The van der Waals surface area contributed by atoms with Gasteiger partial charge in [0.25, 0.3) is 0 Å². The van der Waals surface area contributed by atoms with Crippen molar-refractivity contribution >= 4 is 11.6 Å². The number of hydroxylamine groups is 2. The highest BCUT2D eigenvalue weighted by Crippen LogP contribution is 2.29. The van der Waals surface area contributed by atoms with Gasteiger partial charge in [0.1, 0.15) is 0 Å². The van der Waals surface area contributed by atoms with Gasteiger partial charge in [-0.3, -0.25) is 15.1 Å². The highest BCUT2D eigenvalue weighted by Gasteiger charge is 2.22. The molecule has 4 N–H and O–H groups in total. The van der Waals surface area contributed by atoms with Gasteiger partial charge in [0, 0.05) is 61.1 Å². The Morgan fingerprint density at radius 1 is 0.688 bits per heavy atom. The smallest absolute Gasteiger partial charge is 0.227 e. The summed E-state index contributed by atoms with van der Waals surface area (Å²) in [6, 6.07) is 16.7. The number of anilines is 1. The van der Waals surface area contributed by atoms with Crippen LogP contribution in [0.3, 0.4) is 0 Å². The predicted molar refractivity (Wildman–Crippen MR) is 202 cm³/mol. The molecule has 1 amide bonds. The number of fused-ring (bicyclic) bond motifs is 2. The van der Waals surface area contributed by atoms with Crippen molar-refractivity contribution in [2.45, 2.75) is 103 Å². The van der Waals surface area contributed by atoms with Crippen molar-refractivity contribution in [2.24, 2.45) is 0 Å². The van der Waals surface area contributed by atoms with Crippen molar-refractivity contribution in [3.63, 3.8) is 0 Å². The standard InChI is InChI=1S/C41H61N5O2/c1-6-17-33(2)42-28-13-7-14-29-43-34(3)22-24-36(5)46(48)31-16-8-15-30-44-35(4)23-27-41(47)45-32-39-20-10-9-18-37(39)25-26-38-19-11-12-21-40(38)45/h9-12,18-21,42-44,48H,2-8,13-17,22-32H2,1H3. The fourth-order valence-electron chi connectivity index (χ4n) is 6.02. The first-order valence-electron chi connectivity index (χ1n) is 18.1. The molecule has 1 aliphatic rings. The minimum Gasteiger partial charge on any atom is -0.389 e. The largest absolute Gasteiger partial charge is 0.389 e. The second-order valence-electron chi connectivity index (χ2n) is 13.0. The maximum Gasteiger partial charge on any atom is 0.227 e. The van der Waals surface area contributed by atoms with Crippen LogP contribution in [0.5, 0.6) is 0 Å². The Kier molecular flexibility index (Phi) is 17.5. The van der Waals surface area contributed by atoms with E-state index in [0.717, 1.165) is 119 Å². The predicted octanol–water partition coefficient (Wildman–Crippen LogP) is 8.53. The Morgan fingerprint density at radius 2 is 1.21 bits per heavy atom. The Hall–Kier alpha value is -3.97. The van der Waals surface area contributed by atoms with Gasteiger partial charge in [-0.05, 0) is 99.8 Å². The Morgan fingerprint density at radius 3 is 1.85 bits per heavy atom. The van der Waals surface area contributed by atoms with E-state index in [1.807, 2.05) is 11.0 Å². The minimum atomic E-state index is 0.123. The van der Waals surface area contributed by atoms with Crippen molar-refractivity contribution in [1.82, 2.24) is 21.0 Å². The summed E-state index contributed by atoms with van der Waals surface area (Å²) in [5.74, 6) is 0.123. The molecule has 1 aliphatic heterocycles. The molecule has 0 radical (unpaired) electrons. The lowest BCUT2D eigenvalue weighted by Crippen LogP contribution is -2.33. The molecule has 0 saturated heterocycles. The summed E-state index contributed by atoms with van der Waals surface area (Å²) in [7, 11) is 0. The summed E-state index contributed by atoms with van der Waals surface area (Å²) in [6.07, 6.45) is 12.8. The number of allylic oxidation sites excluding steroid dienone is 4. The maximum atomic E-state index is 13.5. The van der Waals surface area contributed by atoms with E-state index in [9.17, 15) is 10.0 Å². The number of amides is 1. The zero-order chi connectivity index (χ0) is 34.6. The SMILES string of the molecule is C=C(CCC)NCCCCCNC(=C)CCC(=C)N(O)CCCCCNC(=C)CCC(=O)N1Cc2ccccc2CCc2ccccc21. The van der Waals surface area contributed by atoms with E-state index < -0.39 is 0 Å². The molecule has 0 fully saturated rings. The first-order chi connectivity index (χ1) is 23.3. The number of hydrogen-bond donors (Lipinski definition) is 4. The van der Waals surface area contributed by atoms with E-state index in [-0.39, 0.29) is 5.91 Å². The molecule has 1 heterocycles. The molecule has 48 heavy (non-hydrogen) atoms. The third kappa shape index (κ3) is 14.0. The first kappa shape index (κ1) is 38.5. The van der Waals surface area contributed by atoms with Crippen LogP contribution in [0, 0.1) is 0 Å². The third-order valence-electron chi connectivity index (χ3n) is 8.99. The number of hydrogen-bond acceptors (Lipinski definition) is 6. The molecule has 262 valence electrons. The second kappa shape index (κ2) is 21.8. The summed E-state index contributed by atoms with van der Waals surface area (Å²) in [5.41, 5.74) is 8.53. The van der Waals surface area contributed by atoms with Crippen LogP contribution < -0.4 is 20.9 Å². The van der Waals surface area contributed by atoms with Crippen molar-refractivity contribution in [1.29, 1.82) is 0 Å². The number of nitrogens with one attached hydrogen (secondary N) is 3. The van der Waals surface area contributed by atoms with Gasteiger partial charge in [0.2, 0.25) is 5.91 Å². The number of carbonyl (C=O) groups is 1. The topological polar surface area (TPSA) is 79.9 Å². The second-order valence-corrected chi connectivity index (χ2v) is 13.0. The Bertz CT molecular complexity index is 1340. The molecular formula is C41H61N5O2. The number of benzene rings is 2. The minimum absolute atomic E-state index is 0.123. The van der Waals surface area contributed by atoms with E-state index in [4.69, 9.17) is 0 Å². The number of para-hydroxylation sites is 1. The van der Waals surface area contributed by atoms with Crippen molar-refractivity contribution in [3.05, 3.63) is 114 Å². The third-order valence-corrected chi connectivity index (χ3v) is 8.99. The lowest BCUT2D eigenvalue weighted by atomic mass is 9.95. The number of nitrogens with zero attached hydrogens (tertiary/aromatic N) is 2. The monoisotopic (exact) mass is 655 g/mol. The lowest BCUT2D eigenvalue weighted by molar-refractivity contribution is -0.118. The zero-order valence-corrected chi connectivity index (χ0v) is 29.6. The fraction of sp³-hybridized carbons (Fsp3) is 0.488. The normalized spacial score (nSPS) is 12.2. The summed E-state index contributed by atoms with van der Waals surface area (Å²) >= 11 is 0. The van der Waals surface area contributed by atoms with E-state index in [0.29, 0.717) is 32.4 Å². The molecule has 2 aromatic rings. The molecule has 3 rings (SSSR count). The van der Waals surface area contributed by atoms with Crippen LogP contribution in [0.4, 0.5) is 5.69 Å². The summed E-state index contributed by atoms with van der Waals surface area (Å²) in [4.78, 5) is 15.4. The lowest BCUT2D eigenvalue weighted by Gasteiger charge is -2.29. The molecular weight excluding hydrogens is 594 g/mol. The van der Waals surface area contributed by atoms with Crippen molar-refractivity contribution < 1.29 is 10.0 Å². The van der Waals surface area contributed by atoms with E-state index >= 15 is 0 Å². The number of aryl methyl sites for hydroxylation is 2. The van der Waals surface area contributed by atoms with Crippen LogP contribution in [0.1, 0.15) is 101 Å². The molecule has 2 aromatic carbocycles. The average Bonchev–Trinajstić information content (AvgIpc) is 3.08. The quantitative estimate of drug-likeness (QED) is 0.0671. The molecule has 0 unspecified atom stereocenters. The Labute approximate surface area is 290 Å². The van der Waals surface area contributed by atoms with E-state index in [1.165, 1.54) is 21.8 Å². The maximum absolute atomic E-state index is 13.5. The van der Waals surface area contributed by atoms with Crippen molar-refractivity contribution in [2.75, 3.05) is 31.1 Å². The average molecular weight is 656 g/mol. The molecule has 0 aromatic heterocycles. The van der Waals surface area contributed by atoms with Gasteiger partial charge < -0.3 is 20.9 Å². The van der Waals surface area contributed by atoms with Gasteiger partial charge in [0.05, 0.1) is 6.54 Å². The van der Waals surface area contributed by atoms with Crippen LogP contribution in [0.2, 0.25) is 0 Å². The van der Waals surface area contributed by atoms with Crippen LogP contribution in [0.15, 0.2) is 97.6 Å². The molecule has 0 bridgehead atoms. The van der Waals surface area contributed by atoms with Crippen LogP contribution in [-0.4, -0.2) is 42.4 Å². The van der Waals surface area contributed by atoms with Gasteiger partial charge in [-0.15, -0.1) is 0 Å². The van der Waals surface area contributed by atoms with Gasteiger partial charge >= 0.3 is 0 Å². The molecule has 0 aliphatic carbocycles. The van der Waals surface area contributed by atoms with Gasteiger partial charge in [-0.1, -0.05) is 82.1 Å². The number of carbonyl (C=O) groups excluding carboxylic acids is 1. The van der Waals surface area contributed by atoms with E-state index in [1.54, 1.807) is 0 Å². The molecule has 0 atom stereocenters. The summed E-state index contributed by atoms with van der Waals surface area (Å²) < 4.78 is 0. The Balaban J connectivity index is 1.23.